The maximum Gasteiger partial charge on any atom is 0.124 e. The summed E-state index contributed by atoms with van der Waals surface area (Å²) in [7, 11) is 5.31. The van der Waals surface area contributed by atoms with Crippen LogP contribution >= 0.6 is 0 Å². The zero-order valence-electron chi connectivity index (χ0n) is 10.9. The number of rotatable bonds is 5. The number of benzene rings is 1. The Labute approximate surface area is 107 Å². The Morgan fingerprint density at radius 2 is 1.78 bits per heavy atom. The fourth-order valence-electron chi connectivity index (χ4n) is 1.78. The number of nitrogens with zero attached hydrogens (tertiary/aromatic N) is 1. The van der Waals surface area contributed by atoms with Crippen molar-refractivity contribution in [2.45, 2.75) is 6.54 Å². The smallest absolute Gasteiger partial charge is 0.124 e. The molecule has 2 rings (SSSR count). The minimum atomic E-state index is 0.775. The van der Waals surface area contributed by atoms with E-state index < -0.39 is 0 Å². The van der Waals surface area contributed by atoms with Crippen LogP contribution in [-0.4, -0.2) is 18.8 Å². The Hall–Kier alpha value is -2.10. The molecule has 0 unspecified atom stereocenters. The molecule has 1 aromatic carbocycles. The number of anilines is 1. The van der Waals surface area contributed by atoms with Gasteiger partial charge in [-0.15, -0.1) is 0 Å². The molecule has 0 spiro atoms. The van der Waals surface area contributed by atoms with Gasteiger partial charge in [0, 0.05) is 49.9 Å². The van der Waals surface area contributed by atoms with E-state index in [0.717, 1.165) is 23.7 Å². The van der Waals surface area contributed by atoms with E-state index in [1.165, 1.54) is 5.56 Å². The highest BCUT2D eigenvalue weighted by Crippen LogP contribution is 2.26. The van der Waals surface area contributed by atoms with Crippen LogP contribution in [0.2, 0.25) is 0 Å². The molecule has 4 nitrogen and oxygen atoms in total. The number of aryl methyl sites for hydroxylation is 1. The van der Waals surface area contributed by atoms with E-state index in [2.05, 4.69) is 17.6 Å². The third-order valence-corrected chi connectivity index (χ3v) is 2.74. The lowest BCUT2D eigenvalue weighted by Crippen LogP contribution is -1.99. The standard InChI is InChI=1S/C14H18N2O2/c1-16-5-4-11(10-16)9-15-12-6-13(17-2)8-14(7-12)18-3/h4-8,10,15H,9H2,1-3H3. The SMILES string of the molecule is COc1cc(NCc2ccn(C)c2)cc(OC)c1. The maximum atomic E-state index is 5.23. The molecule has 0 atom stereocenters. The Morgan fingerprint density at radius 1 is 1.11 bits per heavy atom. The second-order valence-electron chi connectivity index (χ2n) is 4.14. The molecule has 0 bridgehead atoms. The predicted octanol–water partition coefficient (Wildman–Crippen LogP) is 2.65. The van der Waals surface area contributed by atoms with Crippen LogP contribution < -0.4 is 14.8 Å². The van der Waals surface area contributed by atoms with Gasteiger partial charge < -0.3 is 19.4 Å². The van der Waals surface area contributed by atoms with Gasteiger partial charge in [0.05, 0.1) is 14.2 Å². The highest BCUT2D eigenvalue weighted by atomic mass is 16.5. The first-order valence-electron chi connectivity index (χ1n) is 5.79. The van der Waals surface area contributed by atoms with E-state index in [0.29, 0.717) is 0 Å². The van der Waals surface area contributed by atoms with Crippen molar-refractivity contribution in [2.75, 3.05) is 19.5 Å². The first kappa shape index (κ1) is 12.4. The summed E-state index contributed by atoms with van der Waals surface area (Å²) in [5, 5.41) is 3.35. The average Bonchev–Trinajstić information content (AvgIpc) is 2.81. The number of hydrogen-bond acceptors (Lipinski definition) is 3. The van der Waals surface area contributed by atoms with Gasteiger partial charge in [0.2, 0.25) is 0 Å². The summed E-state index contributed by atoms with van der Waals surface area (Å²) in [5.74, 6) is 1.56. The molecule has 0 aliphatic carbocycles. The monoisotopic (exact) mass is 246 g/mol. The van der Waals surface area contributed by atoms with Crippen molar-refractivity contribution in [3.8, 4) is 11.5 Å². The number of hydrogen-bond donors (Lipinski definition) is 1. The molecule has 1 N–H and O–H groups in total. The Morgan fingerprint density at radius 3 is 2.28 bits per heavy atom. The summed E-state index contributed by atoms with van der Waals surface area (Å²) in [5.41, 5.74) is 2.22. The number of aromatic nitrogens is 1. The van der Waals surface area contributed by atoms with E-state index in [9.17, 15) is 0 Å². The molecule has 1 aromatic heterocycles. The second kappa shape index (κ2) is 5.49. The van der Waals surface area contributed by atoms with Crippen molar-refractivity contribution >= 4 is 5.69 Å². The lowest BCUT2D eigenvalue weighted by atomic mass is 10.2. The van der Waals surface area contributed by atoms with Crippen molar-refractivity contribution in [2.24, 2.45) is 7.05 Å². The van der Waals surface area contributed by atoms with Gasteiger partial charge in [-0.05, 0) is 11.6 Å². The van der Waals surface area contributed by atoms with E-state index >= 15 is 0 Å². The van der Waals surface area contributed by atoms with Gasteiger partial charge in [0.25, 0.3) is 0 Å². The lowest BCUT2D eigenvalue weighted by molar-refractivity contribution is 0.394. The number of ether oxygens (including phenoxy) is 2. The molecule has 2 aromatic rings. The quantitative estimate of drug-likeness (QED) is 0.881. The van der Waals surface area contributed by atoms with E-state index in [4.69, 9.17) is 9.47 Å². The van der Waals surface area contributed by atoms with Crippen molar-refractivity contribution in [3.63, 3.8) is 0 Å². The molecule has 96 valence electrons. The number of nitrogens with one attached hydrogen (secondary N) is 1. The van der Waals surface area contributed by atoms with Crippen LogP contribution in [0.4, 0.5) is 5.69 Å². The summed E-state index contributed by atoms with van der Waals surface area (Å²) < 4.78 is 12.5. The molecular formula is C14H18N2O2. The van der Waals surface area contributed by atoms with Crippen LogP contribution in [-0.2, 0) is 13.6 Å². The van der Waals surface area contributed by atoms with Crippen molar-refractivity contribution in [1.82, 2.24) is 4.57 Å². The van der Waals surface area contributed by atoms with Crippen LogP contribution in [0.25, 0.3) is 0 Å². The first-order valence-corrected chi connectivity index (χ1v) is 5.79. The van der Waals surface area contributed by atoms with Crippen LogP contribution in [0.1, 0.15) is 5.56 Å². The third kappa shape index (κ3) is 2.97. The topological polar surface area (TPSA) is 35.4 Å². The summed E-state index contributed by atoms with van der Waals surface area (Å²) in [6, 6.07) is 7.84. The maximum absolute atomic E-state index is 5.23. The van der Waals surface area contributed by atoms with Crippen molar-refractivity contribution < 1.29 is 9.47 Å². The van der Waals surface area contributed by atoms with Crippen LogP contribution in [0.3, 0.4) is 0 Å². The lowest BCUT2D eigenvalue weighted by Gasteiger charge is -2.10. The Balaban J connectivity index is 2.08. The first-order chi connectivity index (χ1) is 8.71. The summed E-state index contributed by atoms with van der Waals surface area (Å²) in [4.78, 5) is 0. The molecule has 0 aliphatic rings. The normalized spacial score (nSPS) is 10.2. The van der Waals surface area contributed by atoms with Crippen molar-refractivity contribution in [1.29, 1.82) is 0 Å². The third-order valence-electron chi connectivity index (χ3n) is 2.74. The molecule has 1 heterocycles. The largest absolute Gasteiger partial charge is 0.497 e. The van der Waals surface area contributed by atoms with Gasteiger partial charge in [-0.1, -0.05) is 0 Å². The zero-order valence-corrected chi connectivity index (χ0v) is 10.9. The summed E-state index contributed by atoms with van der Waals surface area (Å²) >= 11 is 0. The molecule has 0 fully saturated rings. The fraction of sp³-hybridized carbons (Fsp3) is 0.286. The minimum Gasteiger partial charge on any atom is -0.497 e. The Kier molecular flexibility index (Phi) is 3.77. The summed E-state index contributed by atoms with van der Waals surface area (Å²) in [6.45, 7) is 0.775. The number of methoxy groups -OCH3 is 2. The van der Waals surface area contributed by atoms with E-state index in [1.54, 1.807) is 14.2 Å². The minimum absolute atomic E-state index is 0.775. The van der Waals surface area contributed by atoms with Crippen LogP contribution in [0.15, 0.2) is 36.7 Å². The second-order valence-corrected chi connectivity index (χ2v) is 4.14. The highest BCUT2D eigenvalue weighted by molar-refractivity contribution is 5.53. The highest BCUT2D eigenvalue weighted by Gasteiger charge is 2.02. The van der Waals surface area contributed by atoms with Gasteiger partial charge in [-0.3, -0.25) is 0 Å². The molecular weight excluding hydrogens is 228 g/mol. The van der Waals surface area contributed by atoms with Crippen LogP contribution in [0, 0.1) is 0 Å². The van der Waals surface area contributed by atoms with E-state index in [-0.39, 0.29) is 0 Å². The molecule has 4 heteroatoms. The predicted molar refractivity (Wildman–Crippen MR) is 72.3 cm³/mol. The van der Waals surface area contributed by atoms with Gasteiger partial charge in [0.1, 0.15) is 11.5 Å². The average molecular weight is 246 g/mol. The van der Waals surface area contributed by atoms with E-state index in [1.807, 2.05) is 36.0 Å². The zero-order chi connectivity index (χ0) is 13.0. The fourth-order valence-corrected chi connectivity index (χ4v) is 1.78. The molecule has 0 amide bonds. The van der Waals surface area contributed by atoms with Gasteiger partial charge in [-0.25, -0.2) is 0 Å². The van der Waals surface area contributed by atoms with Gasteiger partial charge >= 0.3 is 0 Å². The summed E-state index contributed by atoms with van der Waals surface area (Å²) in [6.07, 6.45) is 4.12. The van der Waals surface area contributed by atoms with Crippen molar-refractivity contribution in [3.05, 3.63) is 42.2 Å². The van der Waals surface area contributed by atoms with Crippen LogP contribution in [0.5, 0.6) is 11.5 Å². The molecule has 0 radical (unpaired) electrons. The van der Waals surface area contributed by atoms with Gasteiger partial charge in [0.15, 0.2) is 0 Å². The van der Waals surface area contributed by atoms with Gasteiger partial charge in [-0.2, -0.15) is 0 Å². The molecule has 0 saturated heterocycles. The molecule has 0 saturated carbocycles. The Bertz CT molecular complexity index is 498. The molecule has 0 aliphatic heterocycles. The molecule has 18 heavy (non-hydrogen) atoms.